The highest BCUT2D eigenvalue weighted by Gasteiger charge is 2.28. The maximum Gasteiger partial charge on any atom is 0.236 e. The number of rotatable bonds is 4. The number of hydrogen-bond acceptors (Lipinski definition) is 4. The van der Waals surface area contributed by atoms with Crippen molar-refractivity contribution in [2.24, 2.45) is 0 Å². The van der Waals surface area contributed by atoms with Gasteiger partial charge in [0.2, 0.25) is 11.8 Å². The molecule has 0 radical (unpaired) electrons. The molecule has 2 aromatic rings. The minimum atomic E-state index is 0.000683. The molecule has 0 atom stereocenters. The van der Waals surface area contributed by atoms with Crippen molar-refractivity contribution in [3.63, 3.8) is 0 Å². The molecular formula is C21H27N5O2. The van der Waals surface area contributed by atoms with Gasteiger partial charge in [0.05, 0.1) is 19.3 Å². The monoisotopic (exact) mass is 381 g/mol. The lowest BCUT2D eigenvalue weighted by Gasteiger charge is -2.34. The summed E-state index contributed by atoms with van der Waals surface area (Å²) < 4.78 is 0. The van der Waals surface area contributed by atoms with Gasteiger partial charge in [0.15, 0.2) is 0 Å². The van der Waals surface area contributed by atoms with Crippen molar-refractivity contribution >= 4 is 11.8 Å². The molecule has 2 aliphatic rings. The van der Waals surface area contributed by atoms with Crippen LogP contribution >= 0.6 is 0 Å². The molecule has 2 N–H and O–H groups in total. The number of aromatic nitrogens is 2. The second-order valence-corrected chi connectivity index (χ2v) is 7.73. The SMILES string of the molecule is Cc1ccccc1-c1cn[nH]c1C1CCN(C(=O)CN2CCNC(=O)C2)CC1. The average Bonchev–Trinajstić information content (AvgIpc) is 3.18. The third kappa shape index (κ3) is 3.94. The van der Waals surface area contributed by atoms with Crippen LogP contribution in [0.3, 0.4) is 0 Å². The number of nitrogens with zero attached hydrogens (tertiary/aromatic N) is 3. The van der Waals surface area contributed by atoms with E-state index < -0.39 is 0 Å². The topological polar surface area (TPSA) is 81.3 Å². The lowest BCUT2D eigenvalue weighted by Crippen LogP contribution is -2.51. The predicted molar refractivity (Wildman–Crippen MR) is 107 cm³/mol. The fraction of sp³-hybridized carbons (Fsp3) is 0.476. The Morgan fingerprint density at radius 1 is 1.18 bits per heavy atom. The molecule has 28 heavy (non-hydrogen) atoms. The standard InChI is InChI=1S/C21H27N5O2/c1-15-4-2-3-5-17(15)18-12-23-24-21(18)16-6-9-26(10-7-16)20(28)14-25-11-8-22-19(27)13-25/h2-5,12,16H,6-11,13-14H2,1H3,(H,22,27)(H,23,24). The first-order chi connectivity index (χ1) is 13.6. The highest BCUT2D eigenvalue weighted by Crippen LogP contribution is 2.35. The third-order valence-corrected chi connectivity index (χ3v) is 5.84. The van der Waals surface area contributed by atoms with Gasteiger partial charge in [0.1, 0.15) is 0 Å². The van der Waals surface area contributed by atoms with Crippen molar-refractivity contribution in [1.82, 2.24) is 25.3 Å². The van der Waals surface area contributed by atoms with Crippen LogP contribution in [0, 0.1) is 6.92 Å². The Morgan fingerprint density at radius 3 is 2.71 bits per heavy atom. The molecular weight excluding hydrogens is 354 g/mol. The Kier molecular flexibility index (Phi) is 5.43. The molecule has 3 heterocycles. The van der Waals surface area contributed by atoms with Gasteiger partial charge in [-0.3, -0.25) is 19.6 Å². The van der Waals surface area contributed by atoms with Gasteiger partial charge in [0, 0.05) is 43.4 Å². The predicted octanol–water partition coefficient (Wildman–Crippen LogP) is 1.52. The second kappa shape index (κ2) is 8.14. The highest BCUT2D eigenvalue weighted by atomic mass is 16.2. The van der Waals surface area contributed by atoms with Gasteiger partial charge in [-0.05, 0) is 30.9 Å². The molecule has 2 amide bonds. The molecule has 0 unspecified atom stereocenters. The maximum absolute atomic E-state index is 12.6. The van der Waals surface area contributed by atoms with Gasteiger partial charge in [-0.2, -0.15) is 5.10 Å². The van der Waals surface area contributed by atoms with Crippen LogP contribution in [0.2, 0.25) is 0 Å². The van der Waals surface area contributed by atoms with Gasteiger partial charge in [0.25, 0.3) is 0 Å². The van der Waals surface area contributed by atoms with Crippen molar-refractivity contribution in [1.29, 1.82) is 0 Å². The zero-order chi connectivity index (χ0) is 19.5. The Bertz CT molecular complexity index is 854. The minimum Gasteiger partial charge on any atom is -0.354 e. The summed E-state index contributed by atoms with van der Waals surface area (Å²) in [5.41, 5.74) is 4.80. The first-order valence-corrected chi connectivity index (χ1v) is 9.98. The molecule has 1 aromatic heterocycles. The van der Waals surface area contributed by atoms with E-state index in [2.05, 4.69) is 46.7 Å². The Morgan fingerprint density at radius 2 is 1.96 bits per heavy atom. The molecule has 1 aromatic carbocycles. The lowest BCUT2D eigenvalue weighted by atomic mass is 9.88. The summed E-state index contributed by atoms with van der Waals surface area (Å²) in [4.78, 5) is 28.0. The van der Waals surface area contributed by atoms with Crippen LogP contribution in [0.15, 0.2) is 30.5 Å². The Balaban J connectivity index is 1.37. The molecule has 0 aliphatic carbocycles. The van der Waals surface area contributed by atoms with Crippen molar-refractivity contribution in [2.45, 2.75) is 25.7 Å². The van der Waals surface area contributed by atoms with Crippen molar-refractivity contribution < 1.29 is 9.59 Å². The number of hydrogen-bond donors (Lipinski definition) is 2. The number of nitrogens with one attached hydrogen (secondary N) is 2. The number of benzene rings is 1. The number of likely N-dealkylation sites (tertiary alicyclic amines) is 1. The van der Waals surface area contributed by atoms with Gasteiger partial charge >= 0.3 is 0 Å². The van der Waals surface area contributed by atoms with E-state index in [1.807, 2.05) is 16.0 Å². The smallest absolute Gasteiger partial charge is 0.236 e. The van der Waals surface area contributed by atoms with Gasteiger partial charge < -0.3 is 10.2 Å². The highest BCUT2D eigenvalue weighted by molar-refractivity contribution is 5.82. The zero-order valence-corrected chi connectivity index (χ0v) is 16.3. The van der Waals surface area contributed by atoms with E-state index in [1.54, 1.807) is 0 Å². The molecule has 7 nitrogen and oxygen atoms in total. The average molecular weight is 381 g/mol. The Labute approximate surface area is 165 Å². The molecule has 2 saturated heterocycles. The number of aromatic amines is 1. The molecule has 148 valence electrons. The van der Waals surface area contributed by atoms with E-state index in [4.69, 9.17) is 0 Å². The van der Waals surface area contributed by atoms with Crippen LogP contribution in [0.1, 0.15) is 30.0 Å². The first-order valence-electron chi connectivity index (χ1n) is 9.98. The summed E-state index contributed by atoms with van der Waals surface area (Å²) in [6.45, 7) is 5.62. The largest absolute Gasteiger partial charge is 0.354 e. The molecule has 0 spiro atoms. The van der Waals surface area contributed by atoms with Crippen molar-refractivity contribution in [3.05, 3.63) is 41.7 Å². The maximum atomic E-state index is 12.6. The zero-order valence-electron chi connectivity index (χ0n) is 16.3. The summed E-state index contributed by atoms with van der Waals surface area (Å²) in [7, 11) is 0. The molecule has 0 bridgehead atoms. The fourth-order valence-corrected chi connectivity index (χ4v) is 4.23. The van der Waals surface area contributed by atoms with E-state index in [0.29, 0.717) is 25.6 Å². The van der Waals surface area contributed by atoms with Crippen LogP contribution in [-0.4, -0.2) is 71.1 Å². The summed E-state index contributed by atoms with van der Waals surface area (Å²) in [5.74, 6) is 0.500. The number of carbonyl (C=O) groups is 2. The normalized spacial score (nSPS) is 18.9. The summed E-state index contributed by atoms with van der Waals surface area (Å²) in [6, 6.07) is 8.36. The number of H-pyrrole nitrogens is 1. The number of amides is 2. The van der Waals surface area contributed by atoms with Crippen LogP contribution in [0.4, 0.5) is 0 Å². The fourth-order valence-electron chi connectivity index (χ4n) is 4.23. The van der Waals surface area contributed by atoms with Crippen LogP contribution in [-0.2, 0) is 9.59 Å². The molecule has 7 heteroatoms. The van der Waals surface area contributed by atoms with Crippen molar-refractivity contribution in [3.8, 4) is 11.1 Å². The van der Waals surface area contributed by atoms with Gasteiger partial charge in [-0.15, -0.1) is 0 Å². The summed E-state index contributed by atoms with van der Waals surface area (Å²) in [5, 5.41) is 10.3. The van der Waals surface area contributed by atoms with E-state index >= 15 is 0 Å². The van der Waals surface area contributed by atoms with Crippen molar-refractivity contribution in [2.75, 3.05) is 39.3 Å². The van der Waals surface area contributed by atoms with Crippen LogP contribution in [0.25, 0.3) is 11.1 Å². The van der Waals surface area contributed by atoms with E-state index in [9.17, 15) is 9.59 Å². The minimum absolute atomic E-state index is 0.000683. The quantitative estimate of drug-likeness (QED) is 0.842. The summed E-state index contributed by atoms with van der Waals surface area (Å²) in [6.07, 6.45) is 3.76. The number of piperazine rings is 1. The Hall–Kier alpha value is -2.67. The number of carbonyl (C=O) groups excluding carboxylic acids is 2. The second-order valence-electron chi connectivity index (χ2n) is 7.73. The molecule has 0 saturated carbocycles. The number of aryl methyl sites for hydroxylation is 1. The molecule has 2 aliphatic heterocycles. The third-order valence-electron chi connectivity index (χ3n) is 5.84. The van der Waals surface area contributed by atoms with E-state index in [0.717, 1.165) is 32.5 Å². The summed E-state index contributed by atoms with van der Waals surface area (Å²) >= 11 is 0. The van der Waals surface area contributed by atoms with Crippen LogP contribution in [0.5, 0.6) is 0 Å². The first kappa shape index (κ1) is 18.7. The molecule has 4 rings (SSSR count). The lowest BCUT2D eigenvalue weighted by molar-refractivity contribution is -0.134. The molecule has 2 fully saturated rings. The van der Waals surface area contributed by atoms with E-state index in [1.165, 1.54) is 22.4 Å². The van der Waals surface area contributed by atoms with Gasteiger partial charge in [-0.25, -0.2) is 0 Å². The van der Waals surface area contributed by atoms with Gasteiger partial charge in [-0.1, -0.05) is 24.3 Å². The number of piperidine rings is 1. The van der Waals surface area contributed by atoms with E-state index in [-0.39, 0.29) is 11.8 Å². The van der Waals surface area contributed by atoms with Crippen LogP contribution < -0.4 is 5.32 Å².